The van der Waals surface area contributed by atoms with Gasteiger partial charge in [-0.3, -0.25) is 9.10 Å². The largest absolute Gasteiger partial charge is 0.354 e. The van der Waals surface area contributed by atoms with Gasteiger partial charge in [0.2, 0.25) is 15.9 Å². The second-order valence-corrected chi connectivity index (χ2v) is 8.69. The molecule has 0 aliphatic heterocycles. The molecule has 0 saturated heterocycles. The maximum Gasteiger partial charge on any atom is 0.240 e. The molecule has 0 spiro atoms. The van der Waals surface area contributed by atoms with Crippen molar-refractivity contribution in [3.05, 3.63) is 64.6 Å². The number of carbonyl (C=O) groups excluding carboxylic acids is 1. The van der Waals surface area contributed by atoms with Gasteiger partial charge in [-0.25, -0.2) is 8.42 Å². The predicted molar refractivity (Wildman–Crippen MR) is 104 cm³/mol. The third-order valence-corrected chi connectivity index (χ3v) is 5.39. The molecule has 5 nitrogen and oxygen atoms in total. The summed E-state index contributed by atoms with van der Waals surface area (Å²) in [7, 11) is -3.57. The minimum Gasteiger partial charge on any atom is -0.354 e. The van der Waals surface area contributed by atoms with Crippen LogP contribution in [0.3, 0.4) is 0 Å². The van der Waals surface area contributed by atoms with Crippen molar-refractivity contribution in [1.82, 2.24) is 5.32 Å². The van der Waals surface area contributed by atoms with E-state index in [2.05, 4.69) is 21.2 Å². The number of hydrogen-bond donors (Lipinski definition) is 1. The van der Waals surface area contributed by atoms with Crippen LogP contribution >= 0.6 is 15.9 Å². The molecular formula is C18H21BrN2O3S. The summed E-state index contributed by atoms with van der Waals surface area (Å²) in [5, 5.41) is 2.81. The summed E-state index contributed by atoms with van der Waals surface area (Å²) in [4.78, 5) is 12.3. The Morgan fingerprint density at radius 2 is 1.84 bits per heavy atom. The first-order chi connectivity index (χ1) is 11.8. The Hall–Kier alpha value is -1.86. The van der Waals surface area contributed by atoms with Crippen molar-refractivity contribution < 1.29 is 13.2 Å². The summed E-state index contributed by atoms with van der Waals surface area (Å²) < 4.78 is 26.0. The zero-order chi connectivity index (χ0) is 18.4. The van der Waals surface area contributed by atoms with Gasteiger partial charge in [-0.2, -0.15) is 0 Å². The number of nitrogens with one attached hydrogen (secondary N) is 1. The number of rotatable bonds is 7. The molecule has 1 N–H and O–H groups in total. The van der Waals surface area contributed by atoms with Crippen LogP contribution < -0.4 is 9.62 Å². The Kier molecular flexibility index (Phi) is 6.61. The minimum atomic E-state index is -3.57. The first-order valence-corrected chi connectivity index (χ1v) is 10.5. The average molecular weight is 425 g/mol. The summed E-state index contributed by atoms with van der Waals surface area (Å²) in [5.41, 5.74) is 1.57. The molecule has 1 unspecified atom stereocenters. The maximum absolute atomic E-state index is 12.3. The fourth-order valence-corrected chi connectivity index (χ4v) is 3.62. The van der Waals surface area contributed by atoms with E-state index in [4.69, 9.17) is 0 Å². The highest BCUT2D eigenvalue weighted by atomic mass is 79.9. The number of amides is 1. The van der Waals surface area contributed by atoms with Gasteiger partial charge in [0.1, 0.15) is 6.54 Å². The van der Waals surface area contributed by atoms with Crippen molar-refractivity contribution in [2.75, 3.05) is 23.7 Å². The van der Waals surface area contributed by atoms with Gasteiger partial charge in [0.15, 0.2) is 0 Å². The van der Waals surface area contributed by atoms with E-state index >= 15 is 0 Å². The van der Waals surface area contributed by atoms with Gasteiger partial charge in [0.25, 0.3) is 0 Å². The molecular weight excluding hydrogens is 404 g/mol. The number of hydrogen-bond acceptors (Lipinski definition) is 3. The van der Waals surface area contributed by atoms with Gasteiger partial charge in [-0.1, -0.05) is 59.3 Å². The van der Waals surface area contributed by atoms with E-state index in [0.29, 0.717) is 12.2 Å². The van der Waals surface area contributed by atoms with Gasteiger partial charge in [0, 0.05) is 11.0 Å². The Morgan fingerprint density at radius 1 is 1.16 bits per heavy atom. The van der Waals surface area contributed by atoms with Crippen molar-refractivity contribution in [1.29, 1.82) is 0 Å². The van der Waals surface area contributed by atoms with Gasteiger partial charge in [0.05, 0.1) is 11.9 Å². The Balaban J connectivity index is 2.03. The van der Waals surface area contributed by atoms with Crippen LogP contribution in [0.1, 0.15) is 18.4 Å². The molecule has 1 amide bonds. The molecule has 25 heavy (non-hydrogen) atoms. The van der Waals surface area contributed by atoms with Crippen LogP contribution in [0.15, 0.2) is 59.1 Å². The highest BCUT2D eigenvalue weighted by Gasteiger charge is 2.21. The molecule has 2 aromatic rings. The van der Waals surface area contributed by atoms with E-state index in [1.54, 1.807) is 24.3 Å². The molecule has 0 bridgehead atoms. The second-order valence-electron chi connectivity index (χ2n) is 5.87. The summed E-state index contributed by atoms with van der Waals surface area (Å²) in [6.07, 6.45) is 1.09. The molecule has 134 valence electrons. The molecule has 2 rings (SSSR count). The molecule has 0 saturated carbocycles. The van der Waals surface area contributed by atoms with Gasteiger partial charge >= 0.3 is 0 Å². The van der Waals surface area contributed by atoms with Crippen LogP contribution in [-0.2, 0) is 14.8 Å². The van der Waals surface area contributed by atoms with Crippen LogP contribution in [-0.4, -0.2) is 33.7 Å². The van der Waals surface area contributed by atoms with Crippen LogP contribution in [0.5, 0.6) is 0 Å². The Labute approximate surface area is 157 Å². The third-order valence-electron chi connectivity index (χ3n) is 3.76. The zero-order valence-corrected chi connectivity index (χ0v) is 16.5. The molecule has 0 aliphatic carbocycles. The standard InChI is InChI=1S/C18H21BrN2O3S/c1-14(15-7-4-3-5-8-15)12-20-18(22)13-21(25(2,23)24)17-10-6-9-16(19)11-17/h3-11,14H,12-13H2,1-2H3,(H,20,22). The Morgan fingerprint density at radius 3 is 2.44 bits per heavy atom. The maximum atomic E-state index is 12.3. The quantitative estimate of drug-likeness (QED) is 0.741. The summed E-state index contributed by atoms with van der Waals surface area (Å²) >= 11 is 3.32. The number of halogens is 1. The molecule has 1 atom stereocenters. The number of nitrogens with zero attached hydrogens (tertiary/aromatic N) is 1. The van der Waals surface area contributed by atoms with Crippen LogP contribution in [0.2, 0.25) is 0 Å². The SMILES string of the molecule is CC(CNC(=O)CN(c1cccc(Br)c1)S(C)(=O)=O)c1ccccc1. The number of benzene rings is 2. The number of sulfonamides is 1. The molecule has 7 heteroatoms. The van der Waals surface area contributed by atoms with Crippen molar-refractivity contribution >= 4 is 37.5 Å². The summed E-state index contributed by atoms with van der Waals surface area (Å²) in [6.45, 7) is 2.20. The van der Waals surface area contributed by atoms with Crippen molar-refractivity contribution in [2.24, 2.45) is 0 Å². The van der Waals surface area contributed by atoms with E-state index in [1.165, 1.54) is 0 Å². The summed E-state index contributed by atoms with van der Waals surface area (Å²) in [6, 6.07) is 16.7. The van der Waals surface area contributed by atoms with E-state index in [9.17, 15) is 13.2 Å². The molecule has 2 aromatic carbocycles. The lowest BCUT2D eigenvalue weighted by Crippen LogP contribution is -2.41. The second kappa shape index (κ2) is 8.49. The van der Waals surface area contributed by atoms with E-state index < -0.39 is 10.0 Å². The molecule has 0 aliphatic rings. The van der Waals surface area contributed by atoms with Crippen molar-refractivity contribution in [2.45, 2.75) is 12.8 Å². The first kappa shape index (κ1) is 19.5. The lowest BCUT2D eigenvalue weighted by atomic mass is 10.0. The topological polar surface area (TPSA) is 66.5 Å². The third kappa shape index (κ3) is 5.86. The van der Waals surface area contributed by atoms with Crippen LogP contribution in [0.25, 0.3) is 0 Å². The number of carbonyl (C=O) groups is 1. The van der Waals surface area contributed by atoms with E-state index in [0.717, 1.165) is 20.6 Å². The van der Waals surface area contributed by atoms with Crippen LogP contribution in [0, 0.1) is 0 Å². The van der Waals surface area contributed by atoms with Crippen LogP contribution in [0.4, 0.5) is 5.69 Å². The lowest BCUT2D eigenvalue weighted by Gasteiger charge is -2.22. The monoisotopic (exact) mass is 424 g/mol. The smallest absolute Gasteiger partial charge is 0.240 e. The molecule has 0 heterocycles. The highest BCUT2D eigenvalue weighted by molar-refractivity contribution is 9.10. The predicted octanol–water partition coefficient (Wildman–Crippen LogP) is 3.14. The van der Waals surface area contributed by atoms with Gasteiger partial charge in [-0.15, -0.1) is 0 Å². The fraction of sp³-hybridized carbons (Fsp3) is 0.278. The first-order valence-electron chi connectivity index (χ1n) is 7.82. The van der Waals surface area contributed by atoms with E-state index in [1.807, 2.05) is 37.3 Å². The van der Waals surface area contributed by atoms with Crippen molar-refractivity contribution in [3.63, 3.8) is 0 Å². The van der Waals surface area contributed by atoms with Gasteiger partial charge < -0.3 is 5.32 Å². The van der Waals surface area contributed by atoms with Crippen molar-refractivity contribution in [3.8, 4) is 0 Å². The highest BCUT2D eigenvalue weighted by Crippen LogP contribution is 2.22. The molecule has 0 radical (unpaired) electrons. The van der Waals surface area contributed by atoms with Gasteiger partial charge in [-0.05, 0) is 29.7 Å². The summed E-state index contributed by atoms with van der Waals surface area (Å²) in [5.74, 6) is -0.198. The minimum absolute atomic E-state index is 0.141. The lowest BCUT2D eigenvalue weighted by molar-refractivity contribution is -0.119. The van der Waals surface area contributed by atoms with E-state index in [-0.39, 0.29) is 18.4 Å². The molecule has 0 fully saturated rings. The normalized spacial score (nSPS) is 12.4. The average Bonchev–Trinajstić information content (AvgIpc) is 2.57. The fourth-order valence-electron chi connectivity index (χ4n) is 2.38. The number of anilines is 1. The molecule has 0 aromatic heterocycles. The Bertz CT molecular complexity index is 825. The zero-order valence-electron chi connectivity index (χ0n) is 14.1.